The van der Waals surface area contributed by atoms with Crippen LogP contribution in [0.2, 0.25) is 0 Å². The van der Waals surface area contributed by atoms with E-state index in [1.807, 2.05) is 6.07 Å². The largest absolute Gasteiger partial charge is 0.496 e. The molecule has 1 aromatic heterocycles. The van der Waals surface area contributed by atoms with E-state index in [-0.39, 0.29) is 0 Å². The molecule has 0 bridgehead atoms. The number of benzene rings is 3. The Labute approximate surface area is 143 Å². The Bertz CT molecular complexity index is 1020. The van der Waals surface area contributed by atoms with Gasteiger partial charge in [-0.15, -0.1) is 0 Å². The van der Waals surface area contributed by atoms with Crippen LogP contribution in [-0.2, 0) is 0 Å². The molecule has 1 heterocycles. The molecule has 0 radical (unpaired) electrons. The van der Waals surface area contributed by atoms with Crippen LogP contribution in [0, 0.1) is 6.92 Å². The highest BCUT2D eigenvalue weighted by Crippen LogP contribution is 2.40. The normalized spacial score (nSPS) is 11.3. The number of nitrogens with one attached hydrogen (secondary N) is 1. The topological polar surface area (TPSA) is 25.0 Å². The lowest BCUT2D eigenvalue weighted by Gasteiger charge is -2.12. The van der Waals surface area contributed by atoms with Gasteiger partial charge in [-0.2, -0.15) is 0 Å². The van der Waals surface area contributed by atoms with Gasteiger partial charge < -0.3 is 9.72 Å². The summed E-state index contributed by atoms with van der Waals surface area (Å²) in [6.07, 6.45) is 0. The van der Waals surface area contributed by atoms with Gasteiger partial charge >= 0.3 is 0 Å². The third-order valence-corrected chi connectivity index (χ3v) is 4.85. The molecule has 0 unspecified atom stereocenters. The van der Waals surface area contributed by atoms with E-state index in [0.29, 0.717) is 0 Å². The number of H-pyrrole nitrogens is 1. The zero-order chi connectivity index (χ0) is 16.0. The number of ether oxygens (including phenoxy) is 1. The summed E-state index contributed by atoms with van der Waals surface area (Å²) in [5, 5.41) is 2.38. The van der Waals surface area contributed by atoms with Crippen LogP contribution >= 0.6 is 15.9 Å². The number of aromatic nitrogens is 1. The number of halogens is 1. The van der Waals surface area contributed by atoms with Crippen LogP contribution in [0.15, 0.2) is 59.1 Å². The Morgan fingerprint density at radius 3 is 2.48 bits per heavy atom. The van der Waals surface area contributed by atoms with Crippen molar-refractivity contribution in [3.63, 3.8) is 0 Å². The molecule has 0 fully saturated rings. The molecule has 1 N–H and O–H groups in total. The molecule has 3 aromatic carbocycles. The average molecular weight is 366 g/mol. The highest BCUT2D eigenvalue weighted by atomic mass is 79.9. The van der Waals surface area contributed by atoms with Crippen molar-refractivity contribution in [3.05, 3.63) is 64.6 Å². The second kappa shape index (κ2) is 5.43. The summed E-state index contributed by atoms with van der Waals surface area (Å²) in [5.74, 6) is 0.914. The summed E-state index contributed by atoms with van der Waals surface area (Å²) in [6.45, 7) is 2.11. The van der Waals surface area contributed by atoms with Gasteiger partial charge in [0.2, 0.25) is 0 Å². The molecule has 4 aromatic rings. The molecule has 0 saturated carbocycles. The highest BCUT2D eigenvalue weighted by molar-refractivity contribution is 9.10. The summed E-state index contributed by atoms with van der Waals surface area (Å²) in [6, 6.07) is 18.9. The van der Waals surface area contributed by atoms with Crippen LogP contribution in [0.25, 0.3) is 32.9 Å². The van der Waals surface area contributed by atoms with E-state index in [0.717, 1.165) is 26.8 Å². The first-order chi connectivity index (χ1) is 11.2. The molecule has 2 nitrogen and oxygen atoms in total. The predicted octanol–water partition coefficient (Wildman–Crippen LogP) is 6.07. The zero-order valence-electron chi connectivity index (χ0n) is 13.0. The van der Waals surface area contributed by atoms with Gasteiger partial charge in [-0.25, -0.2) is 0 Å². The fourth-order valence-electron chi connectivity index (χ4n) is 3.26. The van der Waals surface area contributed by atoms with Crippen molar-refractivity contribution in [2.75, 3.05) is 7.11 Å². The lowest BCUT2D eigenvalue weighted by molar-refractivity contribution is 0.412. The molecule has 0 aliphatic heterocycles. The minimum absolute atomic E-state index is 0.914. The molecular weight excluding hydrogens is 350 g/mol. The second-order valence-corrected chi connectivity index (χ2v) is 6.60. The molecule has 3 heteroatoms. The van der Waals surface area contributed by atoms with Gasteiger partial charge in [0, 0.05) is 31.9 Å². The molecule has 23 heavy (non-hydrogen) atoms. The standard InChI is InChI=1S/C20H16BrNO/c1-12-18(23-2)11-16-15-10-14(21)8-9-17(15)22-20(16)19(12)13-6-4-3-5-7-13/h3-11,22H,1-2H3. The smallest absolute Gasteiger partial charge is 0.123 e. The van der Waals surface area contributed by atoms with E-state index in [2.05, 4.69) is 76.4 Å². The molecule has 0 aliphatic rings. The maximum absolute atomic E-state index is 5.64. The number of methoxy groups -OCH3 is 1. The van der Waals surface area contributed by atoms with Crippen molar-refractivity contribution in [2.24, 2.45) is 0 Å². The maximum atomic E-state index is 5.64. The minimum atomic E-state index is 0.914. The van der Waals surface area contributed by atoms with Gasteiger partial charge in [0.25, 0.3) is 0 Å². The fourth-order valence-corrected chi connectivity index (χ4v) is 3.62. The summed E-state index contributed by atoms with van der Waals surface area (Å²) >= 11 is 3.57. The van der Waals surface area contributed by atoms with Gasteiger partial charge in [-0.1, -0.05) is 46.3 Å². The average Bonchev–Trinajstić information content (AvgIpc) is 2.92. The maximum Gasteiger partial charge on any atom is 0.123 e. The molecule has 0 atom stereocenters. The number of aromatic amines is 1. The van der Waals surface area contributed by atoms with E-state index in [1.165, 1.54) is 21.9 Å². The van der Waals surface area contributed by atoms with Gasteiger partial charge in [0.1, 0.15) is 5.75 Å². The number of fused-ring (bicyclic) bond motifs is 3. The number of rotatable bonds is 2. The van der Waals surface area contributed by atoms with Crippen molar-refractivity contribution >= 4 is 37.7 Å². The van der Waals surface area contributed by atoms with E-state index >= 15 is 0 Å². The molecule has 0 saturated heterocycles. The first-order valence-electron chi connectivity index (χ1n) is 7.53. The van der Waals surface area contributed by atoms with Crippen molar-refractivity contribution in [1.82, 2.24) is 4.98 Å². The van der Waals surface area contributed by atoms with Crippen LogP contribution in [-0.4, -0.2) is 12.1 Å². The van der Waals surface area contributed by atoms with Gasteiger partial charge in [-0.05, 0) is 36.8 Å². The summed E-state index contributed by atoms with van der Waals surface area (Å²) < 4.78 is 6.71. The predicted molar refractivity (Wildman–Crippen MR) is 100 cm³/mol. The minimum Gasteiger partial charge on any atom is -0.496 e. The van der Waals surface area contributed by atoms with Crippen molar-refractivity contribution in [3.8, 4) is 16.9 Å². The van der Waals surface area contributed by atoms with E-state index in [9.17, 15) is 0 Å². The van der Waals surface area contributed by atoms with Crippen LogP contribution in [0.5, 0.6) is 5.75 Å². The lowest BCUT2D eigenvalue weighted by atomic mass is 9.96. The Morgan fingerprint density at radius 2 is 1.74 bits per heavy atom. The lowest BCUT2D eigenvalue weighted by Crippen LogP contribution is -1.92. The first kappa shape index (κ1) is 14.3. The van der Waals surface area contributed by atoms with Crippen LogP contribution in [0.3, 0.4) is 0 Å². The van der Waals surface area contributed by atoms with Crippen LogP contribution in [0.4, 0.5) is 0 Å². The second-order valence-electron chi connectivity index (χ2n) is 5.68. The molecule has 4 rings (SSSR count). The number of hydrogen-bond acceptors (Lipinski definition) is 1. The van der Waals surface area contributed by atoms with Gasteiger partial charge in [0.15, 0.2) is 0 Å². The number of hydrogen-bond donors (Lipinski definition) is 1. The Morgan fingerprint density at radius 1 is 0.957 bits per heavy atom. The van der Waals surface area contributed by atoms with Gasteiger partial charge in [-0.3, -0.25) is 0 Å². The Balaban J connectivity index is 2.19. The Kier molecular flexibility index (Phi) is 3.38. The van der Waals surface area contributed by atoms with E-state index < -0.39 is 0 Å². The van der Waals surface area contributed by atoms with Crippen molar-refractivity contribution in [1.29, 1.82) is 0 Å². The third-order valence-electron chi connectivity index (χ3n) is 4.35. The van der Waals surface area contributed by atoms with E-state index in [4.69, 9.17) is 4.74 Å². The van der Waals surface area contributed by atoms with Gasteiger partial charge in [0.05, 0.1) is 12.6 Å². The monoisotopic (exact) mass is 365 g/mol. The van der Waals surface area contributed by atoms with Crippen LogP contribution < -0.4 is 4.74 Å². The first-order valence-corrected chi connectivity index (χ1v) is 8.32. The summed E-state index contributed by atoms with van der Waals surface area (Å²) in [5.41, 5.74) is 5.83. The quantitative estimate of drug-likeness (QED) is 0.458. The summed E-state index contributed by atoms with van der Waals surface area (Å²) in [4.78, 5) is 3.59. The molecule has 114 valence electrons. The zero-order valence-corrected chi connectivity index (χ0v) is 14.6. The van der Waals surface area contributed by atoms with Crippen LogP contribution in [0.1, 0.15) is 5.56 Å². The van der Waals surface area contributed by atoms with E-state index in [1.54, 1.807) is 7.11 Å². The van der Waals surface area contributed by atoms with Crippen molar-refractivity contribution in [2.45, 2.75) is 6.92 Å². The van der Waals surface area contributed by atoms with Crippen molar-refractivity contribution < 1.29 is 4.74 Å². The molecule has 0 aliphatic carbocycles. The third kappa shape index (κ3) is 2.23. The SMILES string of the molecule is COc1cc2c([nH]c3ccc(Br)cc32)c(-c2ccccc2)c1C. The molecule has 0 spiro atoms. The highest BCUT2D eigenvalue weighted by Gasteiger charge is 2.16. The molecule has 0 amide bonds. The Hall–Kier alpha value is -2.26. The molecular formula is C20H16BrNO. The summed E-state index contributed by atoms with van der Waals surface area (Å²) in [7, 11) is 1.73. The fraction of sp³-hybridized carbons (Fsp3) is 0.100.